The van der Waals surface area contributed by atoms with Crippen LogP contribution in [0.5, 0.6) is 0 Å². The minimum Gasteiger partial charge on any atom is -0.481 e. The van der Waals surface area contributed by atoms with Gasteiger partial charge in [0, 0.05) is 110 Å². The highest BCUT2D eigenvalue weighted by Crippen LogP contribution is 2.18. The molecule has 0 aliphatic carbocycles. The number of aliphatic hydroxyl groups is 10. The van der Waals surface area contributed by atoms with E-state index in [1.54, 1.807) is 0 Å². The number of hydrogen-bond acceptors (Lipinski definition) is 24. The maximum absolute atomic E-state index is 12.3. The zero-order valence-corrected chi connectivity index (χ0v) is 44.4. The number of carbonyl (C=O) groups excluding carboxylic acids is 10. The molecule has 80 heavy (non-hydrogen) atoms. The van der Waals surface area contributed by atoms with Gasteiger partial charge in [-0.15, -0.1) is 5.06 Å². The SMILES string of the molecule is CN(C[C@H](O)[C@@H](O)[C@H](O)[C@H](O)CO)C(=O)CC[C@H](CC(=O)CCCCCN1C(=O)C=CC1=O)C(=O)O.CN(C[C@H](O)[C@@H](O)[C@H](O)[C@H](O)CO)C(=O)CC[C@H](N)C(=O)O.O=C(CCCCCN1C(=O)C=CC1=O)ON1C(=O)CCC1=O. The summed E-state index contributed by atoms with van der Waals surface area (Å²) < 4.78 is 0. The molecule has 1 fully saturated rings. The summed E-state index contributed by atoms with van der Waals surface area (Å²) in [5.74, 6) is -7.92. The predicted octanol–water partition coefficient (Wildman–Crippen LogP) is -6.04. The first-order chi connectivity index (χ1) is 37.5. The molecule has 0 aromatic carbocycles. The number of likely N-dealkylation sites (N-methyl/N-ethyl adjacent to an activating group) is 2. The summed E-state index contributed by atoms with van der Waals surface area (Å²) in [5.41, 5.74) is 5.26. The topological polar surface area (TPSA) is 499 Å². The number of carbonyl (C=O) groups is 12. The molecule has 0 radical (unpaired) electrons. The van der Waals surface area contributed by atoms with Gasteiger partial charge in [-0.25, -0.2) is 4.79 Å². The largest absolute Gasteiger partial charge is 0.481 e. The molecular formula is C49H76N6O25. The Bertz CT molecular complexity index is 2140. The minimum atomic E-state index is -1.84. The second-order valence-corrected chi connectivity index (χ2v) is 18.9. The lowest BCUT2D eigenvalue weighted by atomic mass is 9.94. The highest BCUT2D eigenvalue weighted by Gasteiger charge is 2.35. The Balaban J connectivity index is 0.000000631. The van der Waals surface area contributed by atoms with Gasteiger partial charge >= 0.3 is 17.9 Å². The van der Waals surface area contributed by atoms with Gasteiger partial charge in [0.15, 0.2) is 0 Å². The first kappa shape index (κ1) is 71.5. The Morgan fingerprint density at radius 3 is 1.29 bits per heavy atom. The number of amides is 8. The van der Waals surface area contributed by atoms with Crippen molar-refractivity contribution in [1.29, 1.82) is 0 Å². The van der Waals surface area contributed by atoms with Crippen LogP contribution in [-0.4, -0.2) is 265 Å². The molecule has 0 aromatic rings. The van der Waals surface area contributed by atoms with Crippen molar-refractivity contribution >= 4 is 70.9 Å². The normalized spacial score (nSPS) is 17.8. The number of hydrogen-bond donors (Lipinski definition) is 13. The Labute approximate surface area is 459 Å². The van der Waals surface area contributed by atoms with Gasteiger partial charge in [-0.1, -0.05) is 12.8 Å². The van der Waals surface area contributed by atoms with Crippen LogP contribution < -0.4 is 5.73 Å². The van der Waals surface area contributed by atoms with Crippen molar-refractivity contribution in [3.8, 4) is 0 Å². The molecule has 3 aliphatic heterocycles. The number of aliphatic carboxylic acids is 2. The van der Waals surface area contributed by atoms with Crippen molar-refractivity contribution in [2.45, 2.75) is 151 Å². The lowest BCUT2D eigenvalue weighted by Crippen LogP contribution is -2.50. The Morgan fingerprint density at radius 1 is 0.537 bits per heavy atom. The highest BCUT2D eigenvalue weighted by atomic mass is 16.7. The van der Waals surface area contributed by atoms with Crippen LogP contribution in [0.15, 0.2) is 24.3 Å². The fraction of sp³-hybridized carbons (Fsp3) is 0.673. The van der Waals surface area contributed by atoms with E-state index in [9.17, 15) is 98.4 Å². The summed E-state index contributed by atoms with van der Waals surface area (Å²) in [5, 5.41) is 113. The van der Waals surface area contributed by atoms with E-state index in [0.717, 1.165) is 19.6 Å². The van der Waals surface area contributed by atoms with Crippen LogP contribution >= 0.6 is 0 Å². The van der Waals surface area contributed by atoms with E-state index in [-0.39, 0.29) is 100 Å². The molecule has 31 heteroatoms. The van der Waals surface area contributed by atoms with E-state index < -0.39 is 122 Å². The number of aliphatic hydroxyl groups excluding tert-OH is 10. The van der Waals surface area contributed by atoms with Crippen molar-refractivity contribution in [1.82, 2.24) is 24.7 Å². The predicted molar refractivity (Wildman–Crippen MR) is 268 cm³/mol. The summed E-state index contributed by atoms with van der Waals surface area (Å²) in [4.78, 5) is 147. The molecule has 0 bridgehead atoms. The van der Waals surface area contributed by atoms with Crippen LogP contribution in [0, 0.1) is 5.92 Å². The lowest BCUT2D eigenvalue weighted by molar-refractivity contribution is -0.197. The zero-order valence-electron chi connectivity index (χ0n) is 44.4. The number of nitrogens with zero attached hydrogens (tertiary/aromatic N) is 5. The number of hydroxylamine groups is 2. The van der Waals surface area contributed by atoms with Crippen LogP contribution in [0.25, 0.3) is 0 Å². The van der Waals surface area contributed by atoms with E-state index in [1.165, 1.54) is 38.4 Å². The molecule has 0 unspecified atom stereocenters. The molecule has 0 aromatic heterocycles. The average molecular weight is 1150 g/mol. The lowest BCUT2D eigenvalue weighted by Gasteiger charge is -2.28. The molecule has 31 nitrogen and oxygen atoms in total. The summed E-state index contributed by atoms with van der Waals surface area (Å²) in [6, 6.07) is -1.17. The van der Waals surface area contributed by atoms with Gasteiger partial charge in [0.25, 0.3) is 35.4 Å². The van der Waals surface area contributed by atoms with Gasteiger partial charge in [-0.05, 0) is 38.5 Å². The van der Waals surface area contributed by atoms with Crippen LogP contribution in [0.1, 0.15) is 96.3 Å². The number of carboxylic acids is 2. The number of ketones is 1. The van der Waals surface area contributed by atoms with Gasteiger partial charge < -0.3 is 81.6 Å². The molecule has 3 rings (SSSR count). The standard InChI is InChI=1S/C23H36N2O11.C14H16N2O6.C12H24N2O8/c1-24(12-16(28)21(33)22(34)17(29)13-26)18(30)7-6-14(23(35)36)11-15(27)5-3-2-4-10-25-19(31)8-9-20(25)32;17-10-5-6-11(18)15(10)9-3-1-2-4-14(21)22-16-12(19)7-8-13(16)20;1-14(9(18)3-2-6(13)12(21)22)4-7(16)10(19)11(20)8(17)5-15/h8-9,14,16-17,21-22,26,28-29,33-34H,2-7,10-13H2,1H3,(H,35,36);5-6H,1-4,7-9H2;6-8,10-11,15-17,19-20H,2-5,13H2,1H3,(H,21,22)/t14-,16+,17-,21-,22-;;6-,7-,8+,10+,11+/m1.0/s1. The zero-order chi connectivity index (χ0) is 61.0. The summed E-state index contributed by atoms with van der Waals surface area (Å²) in [7, 11) is 2.62. The van der Waals surface area contributed by atoms with E-state index in [0.29, 0.717) is 50.1 Å². The third-order valence-electron chi connectivity index (χ3n) is 12.5. The first-order valence-electron chi connectivity index (χ1n) is 25.5. The second-order valence-electron chi connectivity index (χ2n) is 18.9. The Kier molecular flexibility index (Phi) is 32.8. The maximum atomic E-state index is 12.3. The van der Waals surface area contributed by atoms with E-state index in [4.69, 9.17) is 31.0 Å². The van der Waals surface area contributed by atoms with Crippen molar-refractivity contribution in [2.75, 3.05) is 53.5 Å². The molecule has 0 spiro atoms. The Hall–Kier alpha value is -6.52. The Morgan fingerprint density at radius 2 is 0.912 bits per heavy atom. The van der Waals surface area contributed by atoms with E-state index >= 15 is 0 Å². The third-order valence-corrected chi connectivity index (χ3v) is 12.5. The number of Topliss-reactive ketones (excluding diaryl/α,β-unsaturated/α-hetero) is 1. The summed E-state index contributed by atoms with van der Waals surface area (Å²) in [6.45, 7) is -1.85. The summed E-state index contributed by atoms with van der Waals surface area (Å²) in [6.07, 6.45) is -6.15. The number of carboxylic acid groups (broad SMARTS) is 2. The molecule has 8 amide bonds. The van der Waals surface area contributed by atoms with Crippen LogP contribution in [-0.2, 0) is 62.4 Å². The van der Waals surface area contributed by atoms with E-state index in [1.807, 2.05) is 0 Å². The van der Waals surface area contributed by atoms with Crippen LogP contribution in [0.3, 0.4) is 0 Å². The first-order valence-corrected chi connectivity index (χ1v) is 25.5. The van der Waals surface area contributed by atoms with Gasteiger partial charge in [-0.3, -0.25) is 62.5 Å². The molecule has 14 N–H and O–H groups in total. The molecule has 0 saturated carbocycles. The van der Waals surface area contributed by atoms with Gasteiger partial charge in [-0.2, -0.15) is 0 Å². The highest BCUT2D eigenvalue weighted by molar-refractivity contribution is 6.13. The molecular weight excluding hydrogens is 1070 g/mol. The molecule has 3 aliphatic rings. The number of unbranched alkanes of at least 4 members (excludes halogenated alkanes) is 4. The molecule has 10 atom stereocenters. The van der Waals surface area contributed by atoms with Crippen LogP contribution in [0.4, 0.5) is 0 Å². The average Bonchev–Trinajstić information content (AvgIpc) is 4.04. The van der Waals surface area contributed by atoms with Crippen molar-refractivity contribution < 1.29 is 124 Å². The van der Waals surface area contributed by atoms with Crippen molar-refractivity contribution in [2.24, 2.45) is 11.7 Å². The third kappa shape index (κ3) is 25.3. The quantitative estimate of drug-likeness (QED) is 0.0207. The number of rotatable bonds is 35. The van der Waals surface area contributed by atoms with Gasteiger partial charge in [0.1, 0.15) is 60.7 Å². The molecule has 3 heterocycles. The summed E-state index contributed by atoms with van der Waals surface area (Å²) >= 11 is 0. The van der Waals surface area contributed by atoms with E-state index in [2.05, 4.69) is 0 Å². The fourth-order valence-corrected chi connectivity index (χ4v) is 7.47. The fourth-order valence-electron chi connectivity index (χ4n) is 7.47. The van der Waals surface area contributed by atoms with Gasteiger partial charge in [0.2, 0.25) is 11.8 Å². The minimum absolute atomic E-state index is 0.0667. The second kappa shape index (κ2) is 36.7. The number of nitrogens with two attached hydrogens (primary N) is 1. The monoisotopic (exact) mass is 1150 g/mol. The maximum Gasteiger partial charge on any atom is 0.333 e. The van der Waals surface area contributed by atoms with Crippen LogP contribution in [0.2, 0.25) is 0 Å². The van der Waals surface area contributed by atoms with Crippen molar-refractivity contribution in [3.63, 3.8) is 0 Å². The van der Waals surface area contributed by atoms with Crippen molar-refractivity contribution in [3.05, 3.63) is 24.3 Å². The molecule has 452 valence electrons. The van der Waals surface area contributed by atoms with Gasteiger partial charge in [0.05, 0.1) is 19.1 Å². The number of imide groups is 3. The smallest absolute Gasteiger partial charge is 0.333 e. The molecule has 1 saturated heterocycles.